The number of para-hydroxylation sites is 1. The molecule has 0 unspecified atom stereocenters. The summed E-state index contributed by atoms with van der Waals surface area (Å²) in [5.41, 5.74) is 1.95. The number of aromatic nitrogens is 2. The molecule has 1 fully saturated rings. The van der Waals surface area contributed by atoms with E-state index in [0.29, 0.717) is 12.5 Å². The third-order valence-corrected chi connectivity index (χ3v) is 5.77. The van der Waals surface area contributed by atoms with Crippen molar-refractivity contribution in [2.75, 3.05) is 18.4 Å². The monoisotopic (exact) mass is 378 g/mol. The fourth-order valence-corrected chi connectivity index (χ4v) is 4.25. The number of carbonyl (C=O) groups excluding carboxylic acids is 1. The van der Waals surface area contributed by atoms with E-state index >= 15 is 0 Å². The summed E-state index contributed by atoms with van der Waals surface area (Å²) in [6.45, 7) is 3.55. The van der Waals surface area contributed by atoms with Gasteiger partial charge in [-0.25, -0.2) is 9.97 Å². The van der Waals surface area contributed by atoms with Gasteiger partial charge in [0.25, 0.3) is 5.91 Å². The van der Waals surface area contributed by atoms with Crippen molar-refractivity contribution in [2.45, 2.75) is 25.7 Å². The van der Waals surface area contributed by atoms with E-state index in [9.17, 15) is 4.79 Å². The zero-order valence-electron chi connectivity index (χ0n) is 15.3. The molecule has 0 radical (unpaired) electrons. The molecule has 1 N–H and O–H groups in total. The predicted molar refractivity (Wildman–Crippen MR) is 109 cm³/mol. The number of amides is 1. The van der Waals surface area contributed by atoms with Crippen LogP contribution in [0.1, 0.15) is 39.0 Å². The van der Waals surface area contributed by atoms with Crippen LogP contribution >= 0.6 is 11.3 Å². The summed E-state index contributed by atoms with van der Waals surface area (Å²) in [4.78, 5) is 25.8. The fourth-order valence-electron chi connectivity index (χ4n) is 3.42. The molecule has 1 aliphatic heterocycles. The van der Waals surface area contributed by atoms with Crippen LogP contribution in [0.15, 0.2) is 54.7 Å². The topological polar surface area (TPSA) is 58.1 Å². The summed E-state index contributed by atoms with van der Waals surface area (Å²) >= 11 is 1.56. The zero-order chi connectivity index (χ0) is 18.6. The molecule has 6 heteroatoms. The number of carbonyl (C=O) groups is 1. The van der Waals surface area contributed by atoms with Crippen molar-refractivity contribution < 1.29 is 4.79 Å². The number of benzene rings is 1. The van der Waals surface area contributed by atoms with E-state index in [1.165, 1.54) is 4.88 Å². The van der Waals surface area contributed by atoms with Gasteiger partial charge in [-0.1, -0.05) is 18.2 Å². The first-order valence-electron chi connectivity index (χ1n) is 9.20. The highest BCUT2D eigenvalue weighted by Gasteiger charge is 2.27. The molecule has 1 aromatic carbocycles. The molecule has 3 heterocycles. The number of anilines is 2. The molecule has 0 aliphatic carbocycles. The molecule has 27 heavy (non-hydrogen) atoms. The Morgan fingerprint density at radius 2 is 2.04 bits per heavy atom. The third kappa shape index (κ3) is 4.17. The Hall–Kier alpha value is -2.73. The van der Waals surface area contributed by atoms with Gasteiger partial charge in [0.15, 0.2) is 0 Å². The summed E-state index contributed by atoms with van der Waals surface area (Å²) in [7, 11) is 0. The summed E-state index contributed by atoms with van der Waals surface area (Å²) in [6.07, 6.45) is 3.82. The lowest BCUT2D eigenvalue weighted by molar-refractivity contribution is 0.0711. The van der Waals surface area contributed by atoms with Crippen molar-refractivity contribution in [2.24, 2.45) is 0 Å². The average Bonchev–Trinajstić information content (AvgIpc) is 3.15. The van der Waals surface area contributed by atoms with Gasteiger partial charge >= 0.3 is 0 Å². The van der Waals surface area contributed by atoms with Crippen LogP contribution in [0.2, 0.25) is 0 Å². The first-order chi connectivity index (χ1) is 13.2. The van der Waals surface area contributed by atoms with E-state index < -0.39 is 0 Å². The number of rotatable bonds is 4. The molecular formula is C21H22N4OS. The Bertz CT molecular complexity index is 925. The van der Waals surface area contributed by atoms with Gasteiger partial charge in [-0.3, -0.25) is 4.79 Å². The Balaban J connectivity index is 1.48. The van der Waals surface area contributed by atoms with E-state index in [1.54, 1.807) is 17.5 Å². The number of piperidine rings is 1. The lowest BCUT2D eigenvalue weighted by Gasteiger charge is -2.32. The average molecular weight is 379 g/mol. The minimum absolute atomic E-state index is 0.134. The van der Waals surface area contributed by atoms with E-state index in [-0.39, 0.29) is 11.8 Å². The van der Waals surface area contributed by atoms with Gasteiger partial charge in [-0.15, -0.1) is 11.3 Å². The first kappa shape index (κ1) is 17.7. The van der Waals surface area contributed by atoms with Gasteiger partial charge < -0.3 is 10.2 Å². The van der Waals surface area contributed by atoms with Crippen LogP contribution in [0.25, 0.3) is 0 Å². The molecule has 2 aromatic heterocycles. The van der Waals surface area contributed by atoms with Crippen molar-refractivity contribution in [3.63, 3.8) is 0 Å². The molecule has 1 aliphatic rings. The minimum atomic E-state index is 0.134. The smallest absolute Gasteiger partial charge is 0.263 e. The van der Waals surface area contributed by atoms with E-state index in [1.807, 2.05) is 60.4 Å². The number of nitrogens with one attached hydrogen (secondary N) is 1. The molecule has 0 saturated carbocycles. The van der Waals surface area contributed by atoms with Gasteiger partial charge in [0.05, 0.1) is 10.6 Å². The lowest BCUT2D eigenvalue weighted by atomic mass is 9.94. The molecule has 138 valence electrons. The van der Waals surface area contributed by atoms with Crippen LogP contribution in [0, 0.1) is 6.92 Å². The quantitative estimate of drug-likeness (QED) is 0.720. The Kier molecular flexibility index (Phi) is 5.16. The maximum Gasteiger partial charge on any atom is 0.263 e. The molecule has 5 nitrogen and oxygen atoms in total. The van der Waals surface area contributed by atoms with Gasteiger partial charge in [-0.2, -0.15) is 0 Å². The van der Waals surface area contributed by atoms with Crippen molar-refractivity contribution in [3.8, 4) is 0 Å². The second-order valence-electron chi connectivity index (χ2n) is 6.80. The molecule has 1 amide bonds. The van der Waals surface area contributed by atoms with Crippen LogP contribution in [0.3, 0.4) is 0 Å². The Morgan fingerprint density at radius 1 is 1.19 bits per heavy atom. The van der Waals surface area contributed by atoms with E-state index in [0.717, 1.165) is 35.6 Å². The van der Waals surface area contributed by atoms with Gasteiger partial charge in [0.2, 0.25) is 5.95 Å². The van der Waals surface area contributed by atoms with Crippen LogP contribution in [0.4, 0.5) is 11.6 Å². The van der Waals surface area contributed by atoms with Gasteiger partial charge in [-0.05, 0) is 50.1 Å². The summed E-state index contributed by atoms with van der Waals surface area (Å²) in [5.74, 6) is 0.966. The highest BCUT2D eigenvalue weighted by Crippen LogP contribution is 2.28. The SMILES string of the molecule is Cc1ccc(C(=O)N2CCC[C@H](c3ccnc(Nc4ccccc4)n3)C2)s1. The second kappa shape index (κ2) is 7.88. The molecule has 0 spiro atoms. The maximum absolute atomic E-state index is 12.8. The number of nitrogens with zero attached hydrogens (tertiary/aromatic N) is 3. The molecule has 4 rings (SSSR count). The van der Waals surface area contributed by atoms with Crippen molar-refractivity contribution >= 4 is 28.9 Å². The summed E-state index contributed by atoms with van der Waals surface area (Å²) in [5, 5.41) is 3.24. The molecule has 3 aromatic rings. The zero-order valence-corrected chi connectivity index (χ0v) is 16.1. The second-order valence-corrected chi connectivity index (χ2v) is 8.08. The van der Waals surface area contributed by atoms with Crippen LogP contribution in [0.5, 0.6) is 0 Å². The number of aryl methyl sites for hydroxylation is 1. The van der Waals surface area contributed by atoms with Gasteiger partial charge in [0.1, 0.15) is 0 Å². The standard InChI is InChI=1S/C21H22N4OS/c1-15-9-10-19(27-15)20(26)25-13-5-6-16(14-25)18-11-12-22-21(24-18)23-17-7-3-2-4-8-17/h2-4,7-12,16H,5-6,13-14H2,1H3,(H,22,23,24)/t16-/m0/s1. The molecular weight excluding hydrogens is 356 g/mol. The van der Waals surface area contributed by atoms with Crippen molar-refractivity contribution in [3.05, 3.63) is 70.2 Å². The predicted octanol–water partition coefficient (Wildman–Crippen LogP) is 4.61. The van der Waals surface area contributed by atoms with Crippen molar-refractivity contribution in [1.29, 1.82) is 0 Å². The Labute approximate surface area is 163 Å². The van der Waals surface area contributed by atoms with Crippen molar-refractivity contribution in [1.82, 2.24) is 14.9 Å². The molecule has 1 atom stereocenters. The largest absolute Gasteiger partial charge is 0.337 e. The fraction of sp³-hybridized carbons (Fsp3) is 0.286. The number of likely N-dealkylation sites (tertiary alicyclic amines) is 1. The van der Waals surface area contributed by atoms with Gasteiger partial charge in [0, 0.05) is 35.8 Å². The summed E-state index contributed by atoms with van der Waals surface area (Å²) in [6, 6.07) is 15.8. The Morgan fingerprint density at radius 3 is 2.81 bits per heavy atom. The van der Waals surface area contributed by atoms with E-state index in [4.69, 9.17) is 4.98 Å². The number of hydrogen-bond donors (Lipinski definition) is 1. The van der Waals surface area contributed by atoms with E-state index in [2.05, 4.69) is 10.3 Å². The number of thiophene rings is 1. The van der Waals surface area contributed by atoms with Crippen LogP contribution < -0.4 is 5.32 Å². The normalized spacial score (nSPS) is 16.9. The molecule has 0 bridgehead atoms. The number of hydrogen-bond acceptors (Lipinski definition) is 5. The highest BCUT2D eigenvalue weighted by atomic mass is 32.1. The third-order valence-electron chi connectivity index (χ3n) is 4.79. The lowest BCUT2D eigenvalue weighted by Crippen LogP contribution is -2.39. The van der Waals surface area contributed by atoms with Crippen LogP contribution in [-0.2, 0) is 0 Å². The molecule has 1 saturated heterocycles. The first-order valence-corrected chi connectivity index (χ1v) is 10.0. The maximum atomic E-state index is 12.8. The summed E-state index contributed by atoms with van der Waals surface area (Å²) < 4.78 is 0. The minimum Gasteiger partial charge on any atom is -0.337 e. The van der Waals surface area contributed by atoms with Crippen LogP contribution in [-0.4, -0.2) is 33.9 Å². The highest BCUT2D eigenvalue weighted by molar-refractivity contribution is 7.13.